The molecule has 0 bridgehead atoms. The highest BCUT2D eigenvalue weighted by Crippen LogP contribution is 2.22. The molecule has 1 aromatic carbocycles. The number of benzene rings is 1. The Bertz CT molecular complexity index is 787. The van der Waals surface area contributed by atoms with E-state index in [0.29, 0.717) is 24.2 Å². The fraction of sp³-hybridized carbons (Fsp3) is 0.474. The van der Waals surface area contributed by atoms with E-state index in [9.17, 15) is 9.59 Å². The maximum atomic E-state index is 12.9. The van der Waals surface area contributed by atoms with E-state index in [4.69, 9.17) is 5.73 Å². The third-order valence-corrected chi connectivity index (χ3v) is 4.15. The molecule has 0 aliphatic rings. The Kier molecular flexibility index (Phi) is 5.65. The number of nitrogens with two attached hydrogens (primary N) is 1. The normalized spacial score (nSPS) is 11.2. The van der Waals surface area contributed by atoms with Crippen LogP contribution in [0.4, 0.5) is 5.69 Å². The molecule has 1 heterocycles. The molecule has 0 unspecified atom stereocenters. The van der Waals surface area contributed by atoms with Crippen LogP contribution in [0.5, 0.6) is 0 Å². The van der Waals surface area contributed by atoms with E-state index >= 15 is 0 Å². The number of amides is 1. The van der Waals surface area contributed by atoms with E-state index in [0.717, 1.165) is 18.4 Å². The van der Waals surface area contributed by atoms with Gasteiger partial charge in [0.2, 0.25) is 5.43 Å². The number of pyridine rings is 1. The zero-order valence-corrected chi connectivity index (χ0v) is 15.0. The molecule has 2 aromatic rings. The molecule has 130 valence electrons. The van der Waals surface area contributed by atoms with Gasteiger partial charge in [-0.1, -0.05) is 19.9 Å². The van der Waals surface area contributed by atoms with Gasteiger partial charge in [0.1, 0.15) is 5.56 Å². The predicted octanol–water partition coefficient (Wildman–Crippen LogP) is 3.43. The molecule has 1 aromatic heterocycles. The molecular weight excluding hydrogens is 302 g/mol. The van der Waals surface area contributed by atoms with Crippen molar-refractivity contribution >= 4 is 22.5 Å². The standard InChI is InChI=1S/C19H27N3O2/c1-5-10-21(11-6-2)19(24)14-12-22(13(3)4)16-9-7-8-15(20)17(16)18(14)23/h7-9,12-13H,5-6,10-11,20H2,1-4H3. The summed E-state index contributed by atoms with van der Waals surface area (Å²) in [5, 5.41) is 0.435. The van der Waals surface area contributed by atoms with Crippen molar-refractivity contribution in [2.24, 2.45) is 0 Å². The van der Waals surface area contributed by atoms with Gasteiger partial charge in [-0.25, -0.2) is 0 Å². The van der Waals surface area contributed by atoms with Crippen LogP contribution in [0.25, 0.3) is 10.9 Å². The van der Waals surface area contributed by atoms with Gasteiger partial charge in [0.25, 0.3) is 5.91 Å². The fourth-order valence-corrected chi connectivity index (χ4v) is 3.03. The molecular formula is C19H27N3O2. The third kappa shape index (κ3) is 3.30. The zero-order valence-electron chi connectivity index (χ0n) is 15.0. The number of aromatic nitrogens is 1. The van der Waals surface area contributed by atoms with Crippen molar-refractivity contribution in [1.82, 2.24) is 9.47 Å². The minimum Gasteiger partial charge on any atom is -0.398 e. The second-order valence-corrected chi connectivity index (χ2v) is 6.41. The summed E-state index contributed by atoms with van der Waals surface area (Å²) in [5.41, 5.74) is 7.16. The highest BCUT2D eigenvalue weighted by Gasteiger charge is 2.21. The Labute approximate surface area is 143 Å². The van der Waals surface area contributed by atoms with Crippen LogP contribution in [0, 0.1) is 0 Å². The van der Waals surface area contributed by atoms with Crippen molar-refractivity contribution in [2.75, 3.05) is 18.8 Å². The summed E-state index contributed by atoms with van der Waals surface area (Å²) in [6.45, 7) is 9.40. The summed E-state index contributed by atoms with van der Waals surface area (Å²) >= 11 is 0. The van der Waals surface area contributed by atoms with Gasteiger partial charge >= 0.3 is 0 Å². The Morgan fingerprint density at radius 3 is 2.38 bits per heavy atom. The van der Waals surface area contributed by atoms with Crippen LogP contribution in [0.1, 0.15) is 56.9 Å². The molecule has 2 rings (SSSR count). The smallest absolute Gasteiger partial charge is 0.259 e. The van der Waals surface area contributed by atoms with Crippen LogP contribution < -0.4 is 11.2 Å². The molecule has 0 saturated carbocycles. The summed E-state index contributed by atoms with van der Waals surface area (Å²) < 4.78 is 1.95. The summed E-state index contributed by atoms with van der Waals surface area (Å²) in [7, 11) is 0. The topological polar surface area (TPSA) is 68.3 Å². The Morgan fingerprint density at radius 1 is 1.21 bits per heavy atom. The maximum absolute atomic E-state index is 12.9. The van der Waals surface area contributed by atoms with Gasteiger partial charge in [-0.15, -0.1) is 0 Å². The molecule has 2 N–H and O–H groups in total. The SMILES string of the molecule is CCCN(CCC)C(=O)c1cn(C(C)C)c2cccc(N)c2c1=O. The predicted molar refractivity (Wildman–Crippen MR) is 99.5 cm³/mol. The first-order chi connectivity index (χ1) is 11.4. The minimum absolute atomic E-state index is 0.118. The Morgan fingerprint density at radius 2 is 1.83 bits per heavy atom. The number of rotatable bonds is 6. The van der Waals surface area contributed by atoms with E-state index in [1.807, 2.05) is 44.4 Å². The number of hydrogen-bond acceptors (Lipinski definition) is 3. The van der Waals surface area contributed by atoms with Crippen molar-refractivity contribution in [3.63, 3.8) is 0 Å². The van der Waals surface area contributed by atoms with Crippen molar-refractivity contribution in [3.05, 3.63) is 40.2 Å². The minimum atomic E-state index is -0.276. The van der Waals surface area contributed by atoms with Crippen molar-refractivity contribution in [2.45, 2.75) is 46.6 Å². The maximum Gasteiger partial charge on any atom is 0.259 e. The van der Waals surface area contributed by atoms with Gasteiger partial charge in [0.05, 0.1) is 10.9 Å². The Balaban J connectivity index is 2.70. The second kappa shape index (κ2) is 7.51. The molecule has 0 aliphatic carbocycles. The van der Waals surface area contributed by atoms with Crippen LogP contribution in [0.15, 0.2) is 29.2 Å². The van der Waals surface area contributed by atoms with E-state index < -0.39 is 0 Å². The Hall–Kier alpha value is -2.30. The summed E-state index contributed by atoms with van der Waals surface area (Å²) in [6.07, 6.45) is 3.41. The fourth-order valence-electron chi connectivity index (χ4n) is 3.03. The first-order valence-electron chi connectivity index (χ1n) is 8.64. The summed E-state index contributed by atoms with van der Waals surface area (Å²) in [6, 6.07) is 5.53. The molecule has 24 heavy (non-hydrogen) atoms. The van der Waals surface area contributed by atoms with Crippen LogP contribution in [-0.4, -0.2) is 28.5 Å². The molecule has 0 saturated heterocycles. The van der Waals surface area contributed by atoms with Gasteiger partial charge in [-0.05, 0) is 38.8 Å². The third-order valence-electron chi connectivity index (χ3n) is 4.15. The number of carbonyl (C=O) groups excluding carboxylic acids is 1. The molecule has 0 radical (unpaired) electrons. The average molecular weight is 329 g/mol. The second-order valence-electron chi connectivity index (χ2n) is 6.41. The zero-order chi connectivity index (χ0) is 17.9. The molecule has 5 nitrogen and oxygen atoms in total. The number of carbonyl (C=O) groups is 1. The van der Waals surface area contributed by atoms with Gasteiger partial charge in [-0.2, -0.15) is 0 Å². The van der Waals surface area contributed by atoms with Crippen LogP contribution in [0.2, 0.25) is 0 Å². The average Bonchev–Trinajstić information content (AvgIpc) is 2.54. The molecule has 1 amide bonds. The first-order valence-corrected chi connectivity index (χ1v) is 8.64. The highest BCUT2D eigenvalue weighted by molar-refractivity contribution is 6.00. The van der Waals surface area contributed by atoms with E-state index in [-0.39, 0.29) is 22.9 Å². The van der Waals surface area contributed by atoms with Crippen molar-refractivity contribution < 1.29 is 4.79 Å². The number of anilines is 1. The number of hydrogen-bond donors (Lipinski definition) is 1. The summed E-state index contributed by atoms with van der Waals surface area (Å²) in [5.74, 6) is -0.205. The van der Waals surface area contributed by atoms with E-state index in [1.54, 1.807) is 17.2 Å². The van der Waals surface area contributed by atoms with Crippen molar-refractivity contribution in [1.29, 1.82) is 0 Å². The molecule has 0 spiro atoms. The molecule has 5 heteroatoms. The monoisotopic (exact) mass is 329 g/mol. The quantitative estimate of drug-likeness (QED) is 0.826. The number of nitrogen functional groups attached to an aromatic ring is 1. The lowest BCUT2D eigenvalue weighted by molar-refractivity contribution is 0.0753. The highest BCUT2D eigenvalue weighted by atomic mass is 16.2. The van der Waals surface area contributed by atoms with Gasteiger partial charge < -0.3 is 15.2 Å². The van der Waals surface area contributed by atoms with E-state index in [1.165, 1.54) is 0 Å². The largest absolute Gasteiger partial charge is 0.398 e. The van der Waals surface area contributed by atoms with Gasteiger partial charge in [0.15, 0.2) is 0 Å². The summed E-state index contributed by atoms with van der Waals surface area (Å²) in [4.78, 5) is 27.6. The lowest BCUT2D eigenvalue weighted by atomic mass is 10.1. The van der Waals surface area contributed by atoms with Crippen LogP contribution in [-0.2, 0) is 0 Å². The lowest BCUT2D eigenvalue weighted by Crippen LogP contribution is -2.36. The molecule has 0 fully saturated rings. The van der Waals surface area contributed by atoms with Gasteiger partial charge in [0, 0.05) is 31.0 Å². The number of fused-ring (bicyclic) bond motifs is 1. The van der Waals surface area contributed by atoms with Gasteiger partial charge in [-0.3, -0.25) is 9.59 Å². The molecule has 0 aliphatic heterocycles. The van der Waals surface area contributed by atoms with Crippen LogP contribution in [0.3, 0.4) is 0 Å². The van der Waals surface area contributed by atoms with E-state index in [2.05, 4.69) is 0 Å². The molecule has 0 atom stereocenters. The van der Waals surface area contributed by atoms with Crippen molar-refractivity contribution in [3.8, 4) is 0 Å². The first kappa shape index (κ1) is 18.0. The number of nitrogens with zero attached hydrogens (tertiary/aromatic N) is 2. The lowest BCUT2D eigenvalue weighted by Gasteiger charge is -2.23. The van der Waals surface area contributed by atoms with Crippen LogP contribution >= 0.6 is 0 Å².